The Kier molecular flexibility index (Phi) is 5.24. The highest BCUT2D eigenvalue weighted by atomic mass is 16.6. The maximum atomic E-state index is 11.9. The van der Waals surface area contributed by atoms with E-state index in [0.717, 1.165) is 6.42 Å². The van der Waals surface area contributed by atoms with E-state index in [-0.39, 0.29) is 24.3 Å². The van der Waals surface area contributed by atoms with Gasteiger partial charge in [0.15, 0.2) is 18.5 Å². The van der Waals surface area contributed by atoms with Crippen molar-refractivity contribution in [1.82, 2.24) is 15.0 Å². The Morgan fingerprint density at radius 3 is 2.96 bits per heavy atom. The summed E-state index contributed by atoms with van der Waals surface area (Å²) in [5, 5.41) is 3.02. The van der Waals surface area contributed by atoms with Gasteiger partial charge in [-0.15, -0.1) is 0 Å². The van der Waals surface area contributed by atoms with Crippen molar-refractivity contribution in [2.45, 2.75) is 25.6 Å². The van der Waals surface area contributed by atoms with Gasteiger partial charge in [-0.3, -0.25) is 0 Å². The third-order valence-electron chi connectivity index (χ3n) is 3.59. The van der Waals surface area contributed by atoms with Crippen LogP contribution in [0, 0.1) is 0 Å². The van der Waals surface area contributed by atoms with E-state index in [1.54, 1.807) is 13.2 Å². The van der Waals surface area contributed by atoms with Crippen LogP contribution in [0.4, 0.5) is 17.6 Å². The monoisotopic (exact) mass is 345 g/mol. The summed E-state index contributed by atoms with van der Waals surface area (Å²) in [6.07, 6.45) is 1.01. The molecule has 1 aliphatic heterocycles. The average Bonchev–Trinajstić information content (AvgIpc) is 3.14. The van der Waals surface area contributed by atoms with Gasteiger partial charge in [-0.05, 0) is 25.0 Å². The molecule has 9 nitrogen and oxygen atoms in total. The minimum Gasteiger partial charge on any atom is -0.495 e. The SMILES string of the molecule is COc1ccccc1Nc1nc(N)nc(COC(=O)C2CCCO2)n1. The number of ether oxygens (including phenoxy) is 3. The molecule has 1 saturated heterocycles. The fourth-order valence-electron chi connectivity index (χ4n) is 2.42. The minimum absolute atomic E-state index is 0.0237. The summed E-state index contributed by atoms with van der Waals surface area (Å²) in [5.41, 5.74) is 6.39. The van der Waals surface area contributed by atoms with Gasteiger partial charge in [0.25, 0.3) is 0 Å². The molecular weight excluding hydrogens is 326 g/mol. The molecule has 0 saturated carbocycles. The lowest BCUT2D eigenvalue weighted by atomic mass is 10.2. The minimum atomic E-state index is -0.509. The van der Waals surface area contributed by atoms with E-state index in [9.17, 15) is 4.79 Å². The van der Waals surface area contributed by atoms with Crippen molar-refractivity contribution >= 4 is 23.6 Å². The van der Waals surface area contributed by atoms with Crippen LogP contribution in [0.1, 0.15) is 18.7 Å². The number of nitrogens with one attached hydrogen (secondary N) is 1. The summed E-state index contributed by atoms with van der Waals surface area (Å²) in [5.74, 6) is 0.718. The molecular formula is C16H19N5O4. The van der Waals surface area contributed by atoms with Gasteiger partial charge in [0, 0.05) is 6.61 Å². The van der Waals surface area contributed by atoms with Crippen LogP contribution in [0.15, 0.2) is 24.3 Å². The number of carbonyl (C=O) groups is 1. The van der Waals surface area contributed by atoms with Crippen LogP contribution in [0.2, 0.25) is 0 Å². The molecule has 0 bridgehead atoms. The van der Waals surface area contributed by atoms with Crippen molar-refractivity contribution in [2.75, 3.05) is 24.8 Å². The Labute approximate surface area is 144 Å². The van der Waals surface area contributed by atoms with E-state index in [4.69, 9.17) is 19.9 Å². The number of benzene rings is 1. The maximum absolute atomic E-state index is 11.9. The quantitative estimate of drug-likeness (QED) is 0.749. The number of rotatable bonds is 6. The molecule has 0 amide bonds. The third-order valence-corrected chi connectivity index (χ3v) is 3.59. The van der Waals surface area contributed by atoms with Gasteiger partial charge in [0.2, 0.25) is 11.9 Å². The number of carbonyl (C=O) groups excluding carboxylic acids is 1. The number of nitrogens with zero attached hydrogens (tertiary/aromatic N) is 3. The van der Waals surface area contributed by atoms with Gasteiger partial charge in [-0.25, -0.2) is 4.79 Å². The number of hydrogen-bond donors (Lipinski definition) is 2. The van der Waals surface area contributed by atoms with Gasteiger partial charge in [0.1, 0.15) is 5.75 Å². The molecule has 3 N–H and O–H groups in total. The summed E-state index contributed by atoms with van der Waals surface area (Å²) < 4.78 is 15.7. The number of nitrogen functional groups attached to an aromatic ring is 1. The molecule has 0 spiro atoms. The molecule has 9 heteroatoms. The van der Waals surface area contributed by atoms with Crippen molar-refractivity contribution < 1.29 is 19.0 Å². The van der Waals surface area contributed by atoms with E-state index >= 15 is 0 Å². The Hall–Kier alpha value is -2.94. The summed E-state index contributed by atoms with van der Waals surface area (Å²) in [6, 6.07) is 7.31. The molecule has 0 radical (unpaired) electrons. The Bertz CT molecular complexity index is 749. The van der Waals surface area contributed by atoms with Gasteiger partial charge < -0.3 is 25.3 Å². The second-order valence-corrected chi connectivity index (χ2v) is 5.37. The van der Waals surface area contributed by atoms with Gasteiger partial charge in [0.05, 0.1) is 12.8 Å². The maximum Gasteiger partial charge on any atom is 0.335 e. The first-order valence-electron chi connectivity index (χ1n) is 7.84. The normalized spacial score (nSPS) is 16.4. The van der Waals surface area contributed by atoms with Crippen LogP contribution in [0.5, 0.6) is 5.75 Å². The highest BCUT2D eigenvalue weighted by Crippen LogP contribution is 2.25. The van der Waals surface area contributed by atoms with Gasteiger partial charge >= 0.3 is 5.97 Å². The summed E-state index contributed by atoms with van der Waals surface area (Å²) in [4.78, 5) is 24.1. The summed E-state index contributed by atoms with van der Waals surface area (Å²) in [7, 11) is 1.57. The van der Waals surface area contributed by atoms with E-state index in [1.807, 2.05) is 18.2 Å². The lowest BCUT2D eigenvalue weighted by Gasteiger charge is -2.11. The Balaban J connectivity index is 1.68. The number of nitrogens with two attached hydrogens (primary N) is 1. The van der Waals surface area contributed by atoms with Crippen LogP contribution in [-0.4, -0.2) is 40.7 Å². The third kappa shape index (κ3) is 4.32. The molecule has 2 aromatic rings. The van der Waals surface area contributed by atoms with Crippen LogP contribution >= 0.6 is 0 Å². The molecule has 1 aromatic carbocycles. The lowest BCUT2D eigenvalue weighted by molar-refractivity contribution is -0.155. The zero-order valence-electron chi connectivity index (χ0n) is 13.8. The first-order valence-corrected chi connectivity index (χ1v) is 7.84. The van der Waals surface area contributed by atoms with Gasteiger partial charge in [-0.2, -0.15) is 15.0 Å². The molecule has 1 unspecified atom stereocenters. The van der Waals surface area contributed by atoms with Crippen LogP contribution in [0.25, 0.3) is 0 Å². The number of hydrogen-bond acceptors (Lipinski definition) is 9. The second-order valence-electron chi connectivity index (χ2n) is 5.37. The molecule has 25 heavy (non-hydrogen) atoms. The molecule has 3 rings (SSSR count). The lowest BCUT2D eigenvalue weighted by Crippen LogP contribution is -2.22. The number of esters is 1. The fourth-order valence-corrected chi connectivity index (χ4v) is 2.42. The fraction of sp³-hybridized carbons (Fsp3) is 0.375. The molecule has 1 fully saturated rings. The van der Waals surface area contributed by atoms with Crippen LogP contribution < -0.4 is 15.8 Å². The first kappa shape index (κ1) is 16.9. The van der Waals surface area contributed by atoms with E-state index in [2.05, 4.69) is 20.3 Å². The zero-order valence-corrected chi connectivity index (χ0v) is 13.8. The highest BCUT2D eigenvalue weighted by Gasteiger charge is 2.25. The number of aromatic nitrogens is 3. The standard InChI is InChI=1S/C16H19N5O4/c1-23-11-6-3-2-5-10(11)18-16-20-13(19-15(17)21-16)9-25-14(22)12-7-4-8-24-12/h2-3,5-6,12H,4,7-9H2,1H3,(H3,17,18,19,20,21). The molecule has 1 aromatic heterocycles. The number of para-hydroxylation sites is 2. The molecule has 0 aliphatic carbocycles. The van der Waals surface area contributed by atoms with E-state index in [0.29, 0.717) is 24.5 Å². The van der Waals surface area contributed by atoms with E-state index < -0.39 is 12.1 Å². The predicted molar refractivity (Wildman–Crippen MR) is 89.3 cm³/mol. The predicted octanol–water partition coefficient (Wildman–Crippen LogP) is 1.43. The topological polar surface area (TPSA) is 121 Å². The number of anilines is 3. The summed E-state index contributed by atoms with van der Waals surface area (Å²) >= 11 is 0. The molecule has 132 valence electrons. The van der Waals surface area contributed by atoms with Crippen molar-refractivity contribution in [1.29, 1.82) is 0 Å². The average molecular weight is 345 g/mol. The Morgan fingerprint density at radius 1 is 1.36 bits per heavy atom. The zero-order chi connectivity index (χ0) is 17.6. The summed E-state index contributed by atoms with van der Waals surface area (Å²) in [6.45, 7) is 0.470. The van der Waals surface area contributed by atoms with Crippen LogP contribution in [-0.2, 0) is 20.9 Å². The Morgan fingerprint density at radius 2 is 2.20 bits per heavy atom. The van der Waals surface area contributed by atoms with Crippen molar-refractivity contribution in [2.24, 2.45) is 0 Å². The van der Waals surface area contributed by atoms with Crippen molar-refractivity contribution in [3.63, 3.8) is 0 Å². The van der Waals surface area contributed by atoms with E-state index in [1.165, 1.54) is 0 Å². The second kappa shape index (κ2) is 7.75. The largest absolute Gasteiger partial charge is 0.495 e. The molecule has 1 atom stereocenters. The highest BCUT2D eigenvalue weighted by molar-refractivity contribution is 5.74. The van der Waals surface area contributed by atoms with Crippen LogP contribution in [0.3, 0.4) is 0 Å². The van der Waals surface area contributed by atoms with Crippen molar-refractivity contribution in [3.8, 4) is 5.75 Å². The molecule has 2 heterocycles. The molecule has 1 aliphatic rings. The smallest absolute Gasteiger partial charge is 0.335 e. The van der Waals surface area contributed by atoms with Gasteiger partial charge in [-0.1, -0.05) is 12.1 Å². The van der Waals surface area contributed by atoms with Crippen molar-refractivity contribution in [3.05, 3.63) is 30.1 Å². The number of methoxy groups -OCH3 is 1. The first-order chi connectivity index (χ1) is 12.2.